The third kappa shape index (κ3) is 6.29. The summed E-state index contributed by atoms with van der Waals surface area (Å²) in [6.45, 7) is 9.25. The predicted molar refractivity (Wildman–Crippen MR) is 184 cm³/mol. The van der Waals surface area contributed by atoms with E-state index in [-0.39, 0.29) is 29.0 Å². The second kappa shape index (κ2) is 14.4. The molecule has 4 aliphatic carbocycles. The fraction of sp³-hybridized carbons (Fsp3) is 1.00. The van der Waals surface area contributed by atoms with Crippen molar-refractivity contribution >= 4 is 0 Å². The summed E-state index contributed by atoms with van der Waals surface area (Å²) in [5, 5.41) is 84.3. The van der Waals surface area contributed by atoms with E-state index in [0.29, 0.717) is 48.3 Å². The summed E-state index contributed by atoms with van der Waals surface area (Å²) in [7, 11) is 0. The molecule has 8 aliphatic rings. The Morgan fingerprint density at radius 3 is 2.09 bits per heavy atom. The Morgan fingerprint density at radius 1 is 0.698 bits per heavy atom. The van der Waals surface area contributed by atoms with E-state index in [1.54, 1.807) is 0 Å². The van der Waals surface area contributed by atoms with Gasteiger partial charge in [-0.3, -0.25) is 0 Å². The molecule has 0 bridgehead atoms. The normalized spacial score (nSPS) is 59.5. The van der Waals surface area contributed by atoms with Crippen LogP contribution in [0, 0.1) is 52.3 Å². The first kappa shape index (κ1) is 39.3. The number of aliphatic hydroxyl groups is 8. The average Bonchev–Trinajstić information content (AvgIpc) is 3.56. The van der Waals surface area contributed by atoms with E-state index in [2.05, 4.69) is 27.7 Å². The molecular weight excluding hydrogens is 692 g/mol. The van der Waals surface area contributed by atoms with Crippen LogP contribution >= 0.6 is 0 Å². The van der Waals surface area contributed by atoms with Crippen LogP contribution in [0.3, 0.4) is 0 Å². The maximum Gasteiger partial charge on any atom is 0.186 e. The molecule has 0 aromatic heterocycles. The minimum Gasteiger partial charge on any atom is -0.394 e. The smallest absolute Gasteiger partial charge is 0.186 e. The van der Waals surface area contributed by atoms with Gasteiger partial charge in [-0.25, -0.2) is 0 Å². The van der Waals surface area contributed by atoms with Gasteiger partial charge in [0.05, 0.1) is 38.1 Å². The second-order valence-corrected chi connectivity index (χ2v) is 18.9. The lowest BCUT2D eigenvalue weighted by atomic mass is 9.43. The summed E-state index contributed by atoms with van der Waals surface area (Å²) in [4.78, 5) is 0. The molecule has 14 heteroatoms. The molecule has 0 radical (unpaired) electrons. The van der Waals surface area contributed by atoms with E-state index in [9.17, 15) is 40.9 Å². The fourth-order valence-electron chi connectivity index (χ4n) is 13.3. The first-order chi connectivity index (χ1) is 25.1. The lowest BCUT2D eigenvalue weighted by Gasteiger charge is -2.62. The van der Waals surface area contributed by atoms with Gasteiger partial charge in [0.25, 0.3) is 0 Å². The number of fused-ring (bicyclic) bond motifs is 7. The van der Waals surface area contributed by atoms with Crippen molar-refractivity contribution in [3.8, 4) is 0 Å². The monoisotopic (exact) mass is 756 g/mol. The molecule has 8 rings (SSSR count). The van der Waals surface area contributed by atoms with Gasteiger partial charge in [-0.2, -0.15) is 0 Å². The lowest BCUT2D eigenvalue weighted by molar-refractivity contribution is -0.338. The third-order valence-corrected chi connectivity index (χ3v) is 16.2. The fourth-order valence-corrected chi connectivity index (χ4v) is 13.3. The highest BCUT2D eigenvalue weighted by Gasteiger charge is 2.70. The van der Waals surface area contributed by atoms with Crippen molar-refractivity contribution in [2.45, 2.75) is 171 Å². The van der Waals surface area contributed by atoms with Gasteiger partial charge < -0.3 is 69.3 Å². The summed E-state index contributed by atoms with van der Waals surface area (Å²) < 4.78 is 36.7. The van der Waals surface area contributed by atoms with E-state index in [1.165, 1.54) is 0 Å². The van der Waals surface area contributed by atoms with Crippen molar-refractivity contribution in [2.75, 3.05) is 19.8 Å². The Morgan fingerprint density at radius 2 is 1.38 bits per heavy atom. The zero-order chi connectivity index (χ0) is 37.8. The van der Waals surface area contributed by atoms with Crippen molar-refractivity contribution in [1.29, 1.82) is 0 Å². The third-order valence-electron chi connectivity index (χ3n) is 16.2. The Bertz CT molecular complexity index is 1310. The molecule has 1 spiro atoms. The molecule has 14 nitrogen and oxygen atoms in total. The van der Waals surface area contributed by atoms with Gasteiger partial charge in [0.1, 0.15) is 48.8 Å². The zero-order valence-corrected chi connectivity index (χ0v) is 31.6. The number of hydrogen-bond donors (Lipinski definition) is 8. The van der Waals surface area contributed by atoms with E-state index >= 15 is 0 Å². The average molecular weight is 757 g/mol. The summed E-state index contributed by atoms with van der Waals surface area (Å²) in [6.07, 6.45) is -7.20. The maximum absolute atomic E-state index is 11.9. The molecule has 4 heterocycles. The van der Waals surface area contributed by atoms with Crippen LogP contribution in [-0.4, -0.2) is 146 Å². The Kier molecular flexibility index (Phi) is 10.6. The standard InChI is InChI=1S/C39H64O14/c1-17-7-10-49-39(14-17)18(2)28-25(53-39)13-22-20-12-24(41)23-11-19(5-8-37(23,3)21(20)6-9-38(22,28)4)50-36-34(47)32(45)30(43)27(52-36)16-48-35-33(46)31(44)29(42)26(15-40)51-35/h17-36,40-47H,5-16H2,1-4H3/t17-,18-,19+,20+,21-,22-,23-,24+,25-,26-,27+,28-,29+,30+,31-,32-,33+,34+,35-,36+,37+,38-,39-/m1/s1. The van der Waals surface area contributed by atoms with Gasteiger partial charge in [0.2, 0.25) is 0 Å². The van der Waals surface area contributed by atoms with Crippen LogP contribution in [0.5, 0.6) is 0 Å². The molecule has 4 saturated heterocycles. The number of rotatable bonds is 6. The molecule has 8 fully saturated rings. The second-order valence-electron chi connectivity index (χ2n) is 18.9. The summed E-state index contributed by atoms with van der Waals surface area (Å²) in [6, 6.07) is 0. The van der Waals surface area contributed by atoms with Gasteiger partial charge >= 0.3 is 0 Å². The van der Waals surface area contributed by atoms with Crippen molar-refractivity contribution < 1.29 is 69.3 Å². The van der Waals surface area contributed by atoms with Crippen molar-refractivity contribution in [1.82, 2.24) is 0 Å². The van der Waals surface area contributed by atoms with E-state index in [1.807, 2.05) is 0 Å². The van der Waals surface area contributed by atoms with Crippen LogP contribution in [0.2, 0.25) is 0 Å². The number of hydrogen-bond acceptors (Lipinski definition) is 14. The molecule has 53 heavy (non-hydrogen) atoms. The van der Waals surface area contributed by atoms with E-state index in [4.69, 9.17) is 28.4 Å². The number of aliphatic hydroxyl groups excluding tert-OH is 8. The predicted octanol–water partition coefficient (Wildman–Crippen LogP) is 0.413. The SMILES string of the molecule is C[C@@H]1CCO[C@]2(C1)O[C@@H]1C[C@@H]3[C@H]4C[C@H](O)[C@H]5C[C@@H](O[C@H]6O[C@@H](CO[C@@H]7O[C@H](CO)[C@H](O)[C@@H](O)[C@@H]7O)[C@H](O)[C@@H](O)[C@@H]6O)CC[C@@]5(C)[C@@H]4CC[C@@]3(C)[C@@H]1[C@H]2C. The highest BCUT2D eigenvalue weighted by Crippen LogP contribution is 2.71. The minimum atomic E-state index is -1.65. The van der Waals surface area contributed by atoms with Gasteiger partial charge in [-0.1, -0.05) is 27.7 Å². The van der Waals surface area contributed by atoms with Crippen molar-refractivity contribution in [3.05, 3.63) is 0 Å². The molecule has 0 unspecified atom stereocenters. The highest BCUT2D eigenvalue weighted by atomic mass is 16.7. The summed E-state index contributed by atoms with van der Waals surface area (Å²) >= 11 is 0. The van der Waals surface area contributed by atoms with Crippen LogP contribution in [-0.2, 0) is 28.4 Å². The topological polar surface area (TPSA) is 217 Å². The minimum absolute atomic E-state index is 0.00936. The highest BCUT2D eigenvalue weighted by molar-refractivity contribution is 5.16. The summed E-state index contributed by atoms with van der Waals surface area (Å²) in [5.74, 6) is 2.29. The molecule has 4 saturated carbocycles. The van der Waals surface area contributed by atoms with E-state index in [0.717, 1.165) is 51.6 Å². The molecule has 23 atom stereocenters. The van der Waals surface area contributed by atoms with Gasteiger partial charge in [0, 0.05) is 12.3 Å². The Labute approximate surface area is 312 Å². The Hall–Kier alpha value is -0.560. The molecule has 0 aromatic carbocycles. The molecule has 304 valence electrons. The first-order valence-electron chi connectivity index (χ1n) is 20.4. The van der Waals surface area contributed by atoms with Crippen LogP contribution < -0.4 is 0 Å². The maximum atomic E-state index is 11.9. The van der Waals surface area contributed by atoms with Crippen LogP contribution in [0.1, 0.15) is 85.5 Å². The lowest BCUT2D eigenvalue weighted by Crippen LogP contribution is -2.62. The van der Waals surface area contributed by atoms with Gasteiger partial charge in [-0.15, -0.1) is 0 Å². The zero-order valence-electron chi connectivity index (χ0n) is 31.6. The summed E-state index contributed by atoms with van der Waals surface area (Å²) in [5.41, 5.74) is 0.0608. The number of ether oxygens (including phenoxy) is 6. The van der Waals surface area contributed by atoms with E-state index < -0.39 is 86.5 Å². The van der Waals surface area contributed by atoms with Crippen LogP contribution in [0.25, 0.3) is 0 Å². The van der Waals surface area contributed by atoms with Crippen LogP contribution in [0.4, 0.5) is 0 Å². The molecule has 8 N–H and O–H groups in total. The molecule has 4 aliphatic heterocycles. The van der Waals surface area contributed by atoms with Crippen molar-refractivity contribution in [3.63, 3.8) is 0 Å². The Balaban J connectivity index is 0.908. The quantitative estimate of drug-likeness (QED) is 0.173. The first-order valence-corrected chi connectivity index (χ1v) is 20.4. The molecular formula is C39H64O14. The van der Waals surface area contributed by atoms with Gasteiger partial charge in [-0.05, 0) is 97.7 Å². The largest absolute Gasteiger partial charge is 0.394 e. The van der Waals surface area contributed by atoms with Gasteiger partial charge in [0.15, 0.2) is 18.4 Å². The molecule has 0 aromatic rings. The van der Waals surface area contributed by atoms with Crippen molar-refractivity contribution in [2.24, 2.45) is 52.3 Å². The molecule has 0 amide bonds. The van der Waals surface area contributed by atoms with Crippen LogP contribution in [0.15, 0.2) is 0 Å².